The van der Waals surface area contributed by atoms with Crippen molar-refractivity contribution < 1.29 is 22.0 Å². The van der Waals surface area contributed by atoms with Crippen molar-refractivity contribution in [3.05, 3.63) is 23.9 Å². The summed E-state index contributed by atoms with van der Waals surface area (Å²) in [6.45, 7) is 3.64. The van der Waals surface area contributed by atoms with Crippen LogP contribution in [0.1, 0.15) is 12.5 Å². The van der Waals surface area contributed by atoms with E-state index in [1.165, 1.54) is 17.3 Å². The minimum Gasteiger partial charge on any atom is -1.00 e. The van der Waals surface area contributed by atoms with Crippen molar-refractivity contribution >= 4 is 23.1 Å². The van der Waals surface area contributed by atoms with E-state index in [0.717, 1.165) is 10.5 Å². The van der Waals surface area contributed by atoms with Gasteiger partial charge in [0.2, 0.25) is 0 Å². The van der Waals surface area contributed by atoms with Crippen LogP contribution in [0, 0.1) is 6.92 Å². The molecule has 17 heavy (non-hydrogen) atoms. The number of thioether (sulfide) groups is 1. The monoisotopic (exact) mass is 271 g/mol. The van der Waals surface area contributed by atoms with Crippen LogP contribution in [0.2, 0.25) is 0 Å². The number of carbonyl (C=O) groups excluding carboxylic acids is 1. The van der Waals surface area contributed by atoms with E-state index in [4.69, 9.17) is 0 Å². The topological polar surface area (TPSA) is 38.2 Å². The zero-order valence-electron chi connectivity index (χ0n) is 9.98. The fraction of sp³-hybridized carbons (Fsp3) is 0.364. The van der Waals surface area contributed by atoms with Gasteiger partial charge in [-0.1, -0.05) is 17.8 Å². The normalized spacial score (nSPS) is 10.3. The third-order valence-electron chi connectivity index (χ3n) is 2.26. The highest BCUT2D eigenvalue weighted by atomic mass is 35.5. The molecule has 0 unspecified atom stereocenters. The van der Waals surface area contributed by atoms with Crippen LogP contribution in [0.3, 0.4) is 0 Å². The predicted octanol–water partition coefficient (Wildman–Crippen LogP) is -1.85. The molecule has 2 heterocycles. The number of rotatable bonds is 3. The average molecular weight is 272 g/mol. The van der Waals surface area contributed by atoms with Crippen LogP contribution < -0.4 is 17.2 Å². The van der Waals surface area contributed by atoms with Crippen LogP contribution >= 0.6 is 11.8 Å². The molecule has 0 atom stereocenters. The molecule has 6 heteroatoms. The number of pyridine rings is 1. The van der Waals surface area contributed by atoms with E-state index in [2.05, 4.69) is 11.2 Å². The summed E-state index contributed by atoms with van der Waals surface area (Å²) in [5, 5.41) is 5.29. The number of Topliss-reactive ketones (excluding diaryl/α,β-unsaturated/α-hetero) is 1. The van der Waals surface area contributed by atoms with Gasteiger partial charge in [-0.3, -0.25) is 4.79 Å². The van der Waals surface area contributed by atoms with Gasteiger partial charge in [-0.25, -0.2) is 0 Å². The van der Waals surface area contributed by atoms with Gasteiger partial charge in [-0.05, 0) is 25.5 Å². The number of ketones is 1. The van der Waals surface area contributed by atoms with E-state index in [0.29, 0.717) is 5.75 Å². The van der Waals surface area contributed by atoms with E-state index < -0.39 is 0 Å². The molecule has 0 saturated carbocycles. The number of aryl methyl sites for hydroxylation is 2. The summed E-state index contributed by atoms with van der Waals surface area (Å²) >= 11 is 1.48. The second kappa shape index (κ2) is 5.51. The van der Waals surface area contributed by atoms with Crippen molar-refractivity contribution in [3.8, 4) is 0 Å². The molecule has 0 radical (unpaired) electrons. The fourth-order valence-electron chi connectivity index (χ4n) is 1.50. The number of aromatic nitrogens is 3. The molecule has 0 saturated heterocycles. The lowest BCUT2D eigenvalue weighted by molar-refractivity contribution is -0.793. The molecule has 2 aromatic heterocycles. The van der Waals surface area contributed by atoms with Crippen molar-refractivity contribution in [2.75, 3.05) is 5.75 Å². The lowest BCUT2D eigenvalue weighted by Gasteiger charge is -1.93. The Kier molecular flexibility index (Phi) is 4.54. The number of hydrogen-bond donors (Lipinski definition) is 0. The Bertz CT molecular complexity index is 553. The maximum atomic E-state index is 11.0. The number of carbonyl (C=O) groups is 1. The Morgan fingerprint density at radius 1 is 1.53 bits per heavy atom. The van der Waals surface area contributed by atoms with Crippen molar-refractivity contribution in [2.24, 2.45) is 7.05 Å². The lowest BCUT2D eigenvalue weighted by atomic mass is 10.3. The Balaban J connectivity index is 0.00000144. The van der Waals surface area contributed by atoms with Crippen molar-refractivity contribution in [3.63, 3.8) is 0 Å². The molecule has 0 aromatic carbocycles. The number of halogens is 1. The number of nitrogens with zero attached hydrogens (tertiary/aromatic N) is 3. The van der Waals surface area contributed by atoms with Gasteiger partial charge in [0.05, 0.1) is 11.9 Å². The van der Waals surface area contributed by atoms with Crippen LogP contribution in [-0.4, -0.2) is 21.2 Å². The Labute approximate surface area is 110 Å². The Morgan fingerprint density at radius 2 is 2.24 bits per heavy atom. The van der Waals surface area contributed by atoms with Crippen LogP contribution in [0.25, 0.3) is 5.52 Å². The number of fused-ring (bicyclic) bond motifs is 1. The molecule has 0 fully saturated rings. The standard InChI is InChI=1S/C11H14N3OS.ClH/c1-8-4-5-10-11(16-7-9(2)15)12-13(3)14(10)6-8;/h4-6H,7H2,1-3H3;1H/q+1;/p-1. The van der Waals surface area contributed by atoms with Gasteiger partial charge in [0, 0.05) is 9.90 Å². The van der Waals surface area contributed by atoms with Gasteiger partial charge in [0.15, 0.2) is 12.1 Å². The fourth-order valence-corrected chi connectivity index (χ4v) is 2.33. The summed E-state index contributed by atoms with van der Waals surface area (Å²) in [5.74, 6) is 0.640. The second-order valence-electron chi connectivity index (χ2n) is 3.82. The van der Waals surface area contributed by atoms with Gasteiger partial charge in [-0.15, -0.1) is 4.52 Å². The molecule has 0 aliphatic heterocycles. The van der Waals surface area contributed by atoms with E-state index in [-0.39, 0.29) is 18.2 Å². The van der Waals surface area contributed by atoms with Crippen LogP contribution in [-0.2, 0) is 11.8 Å². The largest absolute Gasteiger partial charge is 1.00 e. The SMILES string of the molecule is CC(=O)CSc1n[n+](C)n2cc(C)ccc12.[Cl-]. The first kappa shape index (κ1) is 14.0. The first-order valence-corrected chi connectivity index (χ1v) is 6.04. The summed E-state index contributed by atoms with van der Waals surface area (Å²) in [6, 6.07) is 4.08. The van der Waals surface area contributed by atoms with E-state index in [1.807, 2.05) is 30.8 Å². The molecular formula is C11H14ClN3OS. The third kappa shape index (κ3) is 2.98. The van der Waals surface area contributed by atoms with Crippen LogP contribution in [0.4, 0.5) is 0 Å². The highest BCUT2D eigenvalue weighted by molar-refractivity contribution is 8.00. The first-order valence-electron chi connectivity index (χ1n) is 5.05. The summed E-state index contributed by atoms with van der Waals surface area (Å²) < 4.78 is 1.98. The van der Waals surface area contributed by atoms with E-state index in [9.17, 15) is 4.79 Å². The molecule has 0 bridgehead atoms. The molecule has 0 aliphatic carbocycles. The van der Waals surface area contributed by atoms with Crippen LogP contribution in [0.5, 0.6) is 0 Å². The average Bonchev–Trinajstić information content (AvgIpc) is 2.53. The molecule has 2 aromatic rings. The maximum Gasteiger partial charge on any atom is 0.196 e. The Morgan fingerprint density at radius 3 is 2.88 bits per heavy atom. The minimum absolute atomic E-state index is 0. The minimum atomic E-state index is 0. The molecule has 92 valence electrons. The van der Waals surface area contributed by atoms with Gasteiger partial charge in [0.1, 0.15) is 11.3 Å². The molecule has 4 nitrogen and oxygen atoms in total. The van der Waals surface area contributed by atoms with Gasteiger partial charge >= 0.3 is 0 Å². The summed E-state index contributed by atoms with van der Waals surface area (Å²) in [7, 11) is 1.89. The van der Waals surface area contributed by atoms with Gasteiger partial charge < -0.3 is 12.4 Å². The molecule has 2 rings (SSSR count). The van der Waals surface area contributed by atoms with Crippen LogP contribution in [0.15, 0.2) is 23.4 Å². The molecule has 0 aliphatic rings. The quantitative estimate of drug-likeness (QED) is 0.486. The first-order chi connectivity index (χ1) is 7.58. The zero-order chi connectivity index (χ0) is 11.7. The Hall–Kier alpha value is -1.07. The van der Waals surface area contributed by atoms with Crippen molar-refractivity contribution in [2.45, 2.75) is 18.9 Å². The van der Waals surface area contributed by atoms with Gasteiger partial charge in [0.25, 0.3) is 0 Å². The highest BCUT2D eigenvalue weighted by Crippen LogP contribution is 2.20. The highest BCUT2D eigenvalue weighted by Gasteiger charge is 2.15. The predicted molar refractivity (Wildman–Crippen MR) is 62.5 cm³/mol. The smallest absolute Gasteiger partial charge is 0.196 e. The van der Waals surface area contributed by atoms with Crippen molar-refractivity contribution in [1.82, 2.24) is 9.61 Å². The number of hydrogen-bond acceptors (Lipinski definition) is 3. The van der Waals surface area contributed by atoms with Crippen molar-refractivity contribution in [1.29, 1.82) is 0 Å². The summed E-state index contributed by atoms with van der Waals surface area (Å²) in [4.78, 5) is 12.7. The summed E-state index contributed by atoms with van der Waals surface area (Å²) in [6.07, 6.45) is 2.03. The molecule has 0 N–H and O–H groups in total. The molecule has 0 amide bonds. The maximum absolute atomic E-state index is 11.0. The molecular weight excluding hydrogens is 258 g/mol. The lowest BCUT2D eigenvalue weighted by Crippen LogP contribution is -3.00. The van der Waals surface area contributed by atoms with E-state index in [1.54, 1.807) is 11.7 Å². The summed E-state index contributed by atoms with van der Waals surface area (Å²) in [5.41, 5.74) is 2.22. The second-order valence-corrected chi connectivity index (χ2v) is 4.79. The van der Waals surface area contributed by atoms with E-state index >= 15 is 0 Å². The molecule has 0 spiro atoms. The van der Waals surface area contributed by atoms with Gasteiger partial charge in [-0.2, -0.15) is 0 Å². The zero-order valence-corrected chi connectivity index (χ0v) is 11.5. The third-order valence-corrected chi connectivity index (χ3v) is 3.37.